The number of carboxylic acid groups (broad SMARTS) is 2. The van der Waals surface area contributed by atoms with Crippen molar-refractivity contribution in [3.8, 4) is 5.75 Å². The third kappa shape index (κ3) is 7.43. The number of rotatable bonds is 6. The number of hydrogen-bond donors (Lipinski definition) is 4. The molecular formula is C27H29NO6. The summed E-state index contributed by atoms with van der Waals surface area (Å²) in [4.78, 5) is 18.2. The largest absolute Gasteiger partial charge is 0.508 e. The van der Waals surface area contributed by atoms with E-state index < -0.39 is 11.9 Å². The van der Waals surface area contributed by atoms with Crippen LogP contribution in [0.2, 0.25) is 0 Å². The van der Waals surface area contributed by atoms with E-state index in [4.69, 9.17) is 24.5 Å². The van der Waals surface area contributed by atoms with Crippen LogP contribution in [0.25, 0.3) is 0 Å². The summed E-state index contributed by atoms with van der Waals surface area (Å²) in [6, 6.07) is 29.1. The summed E-state index contributed by atoms with van der Waals surface area (Å²) >= 11 is 0. The molecule has 1 heterocycles. The fraction of sp³-hybridized carbons (Fsp3) is 0.259. The number of hydrogen-bond acceptors (Lipinski definition) is 5. The summed E-state index contributed by atoms with van der Waals surface area (Å²) in [5.41, 5.74) is 3.80. The molecule has 0 saturated carbocycles. The molecule has 1 aliphatic rings. The van der Waals surface area contributed by atoms with Crippen molar-refractivity contribution in [2.24, 2.45) is 0 Å². The monoisotopic (exact) mass is 463 g/mol. The third-order valence-electron chi connectivity index (χ3n) is 5.71. The number of aliphatic carboxylic acids is 2. The topological polar surface area (TPSA) is 116 Å². The molecule has 0 unspecified atom stereocenters. The maximum absolute atomic E-state index is 9.40. The Morgan fingerprint density at radius 1 is 0.824 bits per heavy atom. The first-order chi connectivity index (χ1) is 16.4. The molecule has 0 spiro atoms. The number of benzene rings is 3. The maximum Gasteiger partial charge on any atom is 0.414 e. The molecule has 0 aromatic heterocycles. The minimum Gasteiger partial charge on any atom is -0.508 e. The summed E-state index contributed by atoms with van der Waals surface area (Å²) < 4.78 is 6.37. The molecule has 178 valence electrons. The minimum absolute atomic E-state index is 0.191. The highest BCUT2D eigenvalue weighted by molar-refractivity contribution is 6.27. The van der Waals surface area contributed by atoms with Crippen molar-refractivity contribution in [2.45, 2.75) is 37.5 Å². The van der Waals surface area contributed by atoms with E-state index in [-0.39, 0.29) is 12.0 Å². The van der Waals surface area contributed by atoms with E-state index in [1.165, 1.54) is 16.7 Å². The smallest absolute Gasteiger partial charge is 0.414 e. The van der Waals surface area contributed by atoms with Crippen molar-refractivity contribution >= 4 is 11.9 Å². The molecule has 7 heteroatoms. The lowest BCUT2D eigenvalue weighted by atomic mass is 9.83. The Kier molecular flexibility index (Phi) is 9.20. The number of ether oxygens (including phenoxy) is 1. The van der Waals surface area contributed by atoms with Gasteiger partial charge < -0.3 is 25.4 Å². The van der Waals surface area contributed by atoms with Crippen LogP contribution in [0.4, 0.5) is 0 Å². The van der Waals surface area contributed by atoms with Gasteiger partial charge in [0.25, 0.3) is 0 Å². The minimum atomic E-state index is -1.82. The molecule has 3 aromatic rings. The Hall–Kier alpha value is -3.68. The molecule has 2 atom stereocenters. The Labute approximate surface area is 198 Å². The van der Waals surface area contributed by atoms with Gasteiger partial charge in [-0.05, 0) is 41.7 Å². The molecule has 0 radical (unpaired) electrons. The first kappa shape index (κ1) is 25.0. The molecule has 1 aliphatic heterocycles. The zero-order valence-corrected chi connectivity index (χ0v) is 18.7. The van der Waals surface area contributed by atoms with Gasteiger partial charge in [0.15, 0.2) is 0 Å². The summed E-state index contributed by atoms with van der Waals surface area (Å²) in [5, 5.41) is 27.8. The van der Waals surface area contributed by atoms with Crippen molar-refractivity contribution < 1.29 is 29.6 Å². The Bertz CT molecular complexity index is 980. The molecule has 4 rings (SSSR count). The van der Waals surface area contributed by atoms with Gasteiger partial charge in [-0.1, -0.05) is 72.8 Å². The average Bonchev–Trinajstić information content (AvgIpc) is 2.86. The second-order valence-corrected chi connectivity index (χ2v) is 8.10. The highest BCUT2D eigenvalue weighted by Crippen LogP contribution is 2.34. The van der Waals surface area contributed by atoms with Crippen LogP contribution < -0.4 is 5.32 Å². The van der Waals surface area contributed by atoms with Crippen molar-refractivity contribution in [3.63, 3.8) is 0 Å². The molecular weight excluding hydrogens is 434 g/mol. The molecule has 4 N–H and O–H groups in total. The van der Waals surface area contributed by atoms with Gasteiger partial charge in [-0.3, -0.25) is 0 Å². The molecule has 1 saturated heterocycles. The number of phenolic OH excluding ortho intramolecular Hbond substituents is 1. The molecule has 0 bridgehead atoms. The van der Waals surface area contributed by atoms with Crippen LogP contribution in [0.1, 0.15) is 35.4 Å². The fourth-order valence-electron chi connectivity index (χ4n) is 4.01. The number of aromatic hydroxyl groups is 1. The van der Waals surface area contributed by atoms with Crippen LogP contribution in [-0.2, 0) is 20.9 Å². The van der Waals surface area contributed by atoms with Gasteiger partial charge in [0.2, 0.25) is 0 Å². The molecule has 0 aliphatic carbocycles. The molecule has 1 fully saturated rings. The first-order valence-corrected chi connectivity index (χ1v) is 11.1. The molecule has 3 aromatic carbocycles. The quantitative estimate of drug-likeness (QED) is 0.408. The van der Waals surface area contributed by atoms with E-state index in [1.54, 1.807) is 12.1 Å². The standard InChI is InChI=1S/C25H27NO2.C2H2O4/c27-23-14-11-19(12-15-23)17-26-22-13-16-24(28-18-22)25(20-7-3-1-4-8-20)21-9-5-2-6-10-21;3-1(4)2(5)6/h1-12,14-15,22,24-27H,13,16-18H2;(H,3,4)(H,5,6)/t22-,24-;/m0./s1. The molecule has 0 amide bonds. The lowest BCUT2D eigenvalue weighted by Gasteiger charge is -2.35. The van der Waals surface area contributed by atoms with Gasteiger partial charge in [-0.2, -0.15) is 0 Å². The van der Waals surface area contributed by atoms with E-state index in [0.717, 1.165) is 26.0 Å². The van der Waals surface area contributed by atoms with E-state index in [2.05, 4.69) is 66.0 Å². The van der Waals surface area contributed by atoms with Gasteiger partial charge >= 0.3 is 11.9 Å². The number of carboxylic acids is 2. The number of phenols is 1. The lowest BCUT2D eigenvalue weighted by Crippen LogP contribution is -2.41. The summed E-state index contributed by atoms with van der Waals surface area (Å²) in [6.45, 7) is 1.51. The Morgan fingerprint density at radius 3 is 1.79 bits per heavy atom. The average molecular weight is 464 g/mol. The second-order valence-electron chi connectivity index (χ2n) is 8.10. The van der Waals surface area contributed by atoms with Gasteiger partial charge in [0.1, 0.15) is 5.75 Å². The summed E-state index contributed by atoms with van der Waals surface area (Å²) in [6.07, 6.45) is 2.32. The predicted molar refractivity (Wildman–Crippen MR) is 128 cm³/mol. The number of nitrogens with one attached hydrogen (secondary N) is 1. The molecule has 34 heavy (non-hydrogen) atoms. The summed E-state index contributed by atoms with van der Waals surface area (Å²) in [5.74, 6) is -3.08. The zero-order valence-electron chi connectivity index (χ0n) is 18.7. The second kappa shape index (κ2) is 12.5. The first-order valence-electron chi connectivity index (χ1n) is 11.1. The van der Waals surface area contributed by atoms with Crippen molar-refractivity contribution in [1.29, 1.82) is 0 Å². The van der Waals surface area contributed by atoms with Crippen LogP contribution in [0.15, 0.2) is 84.9 Å². The zero-order chi connectivity index (χ0) is 24.3. The Morgan fingerprint density at radius 2 is 1.35 bits per heavy atom. The van der Waals surface area contributed by atoms with Gasteiger partial charge in [0.05, 0.1) is 12.7 Å². The summed E-state index contributed by atoms with van der Waals surface area (Å²) in [7, 11) is 0. The van der Waals surface area contributed by atoms with E-state index in [0.29, 0.717) is 11.8 Å². The van der Waals surface area contributed by atoms with Crippen LogP contribution in [0.3, 0.4) is 0 Å². The van der Waals surface area contributed by atoms with E-state index >= 15 is 0 Å². The van der Waals surface area contributed by atoms with Gasteiger partial charge in [-0.25, -0.2) is 9.59 Å². The van der Waals surface area contributed by atoms with Gasteiger partial charge in [0, 0.05) is 18.5 Å². The van der Waals surface area contributed by atoms with Crippen LogP contribution in [0, 0.1) is 0 Å². The number of carbonyl (C=O) groups is 2. The van der Waals surface area contributed by atoms with Crippen LogP contribution in [0.5, 0.6) is 5.75 Å². The highest BCUT2D eigenvalue weighted by atomic mass is 16.5. The fourth-order valence-corrected chi connectivity index (χ4v) is 4.01. The normalized spacial score (nSPS) is 17.4. The SMILES string of the molecule is O=C(O)C(=O)O.Oc1ccc(CN[C@H]2CC[C@@H](C(c3ccccc3)c3ccccc3)OC2)cc1. The predicted octanol–water partition coefficient (Wildman–Crippen LogP) is 4.02. The molecule has 7 nitrogen and oxygen atoms in total. The van der Waals surface area contributed by atoms with Crippen LogP contribution >= 0.6 is 0 Å². The van der Waals surface area contributed by atoms with Crippen molar-refractivity contribution in [2.75, 3.05) is 6.61 Å². The van der Waals surface area contributed by atoms with Crippen LogP contribution in [-0.4, -0.2) is 46.0 Å². The third-order valence-corrected chi connectivity index (χ3v) is 5.71. The Balaban J connectivity index is 0.000000481. The van der Waals surface area contributed by atoms with E-state index in [1.807, 2.05) is 12.1 Å². The highest BCUT2D eigenvalue weighted by Gasteiger charge is 2.30. The van der Waals surface area contributed by atoms with Gasteiger partial charge in [-0.15, -0.1) is 0 Å². The van der Waals surface area contributed by atoms with Crippen molar-refractivity contribution in [3.05, 3.63) is 102 Å². The maximum atomic E-state index is 9.40. The van der Waals surface area contributed by atoms with Crippen molar-refractivity contribution in [1.82, 2.24) is 5.32 Å². The van der Waals surface area contributed by atoms with E-state index in [9.17, 15) is 5.11 Å². The lowest BCUT2D eigenvalue weighted by molar-refractivity contribution is -0.159.